The average Bonchev–Trinajstić information content (AvgIpc) is 2.67. The normalized spacial score (nSPS) is 14.9. The smallest absolute Gasteiger partial charge is 0.310 e. The molecule has 150 valence electrons. The number of aliphatic carboxylic acids is 1. The highest BCUT2D eigenvalue weighted by Gasteiger charge is 2.43. The first-order chi connectivity index (χ1) is 13.7. The molecule has 1 heterocycles. The van der Waals surface area contributed by atoms with E-state index in [0.29, 0.717) is 16.3 Å². The summed E-state index contributed by atoms with van der Waals surface area (Å²) in [4.78, 5) is 26.7. The summed E-state index contributed by atoms with van der Waals surface area (Å²) in [5.41, 5.74) is -1.24. The number of hydrogen-bond donors (Lipinski definition) is 3. The van der Waals surface area contributed by atoms with E-state index in [0.717, 1.165) is 0 Å². The van der Waals surface area contributed by atoms with Crippen LogP contribution in [0.1, 0.15) is 25.0 Å². The van der Waals surface area contributed by atoms with Gasteiger partial charge in [-0.3, -0.25) is 9.59 Å². The predicted molar refractivity (Wildman–Crippen MR) is 110 cm³/mol. The van der Waals surface area contributed by atoms with Crippen LogP contribution in [0.4, 0.5) is 4.39 Å². The van der Waals surface area contributed by atoms with Crippen LogP contribution in [0.15, 0.2) is 65.6 Å². The Hall–Kier alpha value is -3.25. The monoisotopic (exact) mass is 395 g/mol. The van der Waals surface area contributed by atoms with Gasteiger partial charge in [-0.15, -0.1) is 0 Å². The number of halogens is 1. The van der Waals surface area contributed by atoms with E-state index in [1.54, 1.807) is 44.2 Å². The third-order valence-electron chi connectivity index (χ3n) is 5.07. The van der Waals surface area contributed by atoms with Gasteiger partial charge in [0.1, 0.15) is 11.4 Å². The summed E-state index contributed by atoms with van der Waals surface area (Å²) in [6.07, 6.45) is 4.50. The lowest BCUT2D eigenvalue weighted by Gasteiger charge is -2.34. The van der Waals surface area contributed by atoms with Crippen LogP contribution in [-0.4, -0.2) is 21.2 Å². The Morgan fingerprint density at radius 3 is 2.31 bits per heavy atom. The summed E-state index contributed by atoms with van der Waals surface area (Å²) >= 11 is 0. The molecule has 2 aromatic carbocycles. The number of carboxylic acids is 1. The fraction of sp³-hybridized carbons (Fsp3) is 0.217. The van der Waals surface area contributed by atoms with Crippen LogP contribution in [0.2, 0.25) is 0 Å². The molecule has 2 atom stereocenters. The van der Waals surface area contributed by atoms with Crippen molar-refractivity contribution < 1.29 is 19.4 Å². The zero-order valence-corrected chi connectivity index (χ0v) is 16.1. The van der Waals surface area contributed by atoms with Gasteiger partial charge in [0.05, 0.1) is 5.92 Å². The van der Waals surface area contributed by atoms with E-state index in [-0.39, 0.29) is 11.1 Å². The van der Waals surface area contributed by atoms with Crippen LogP contribution in [0.25, 0.3) is 16.8 Å². The summed E-state index contributed by atoms with van der Waals surface area (Å²) in [7, 11) is 0. The molecular weight excluding hydrogens is 373 g/mol. The van der Waals surface area contributed by atoms with Crippen LogP contribution < -0.4 is 5.56 Å². The Labute approximate surface area is 167 Å². The SMILES string of the molecule is CC(C)C(C(=O)O)C(O)(C=Cc1c[nH]c(=O)c2ccccc12)c1ccc(F)cc1. The van der Waals surface area contributed by atoms with Gasteiger partial charge in [0.25, 0.3) is 5.56 Å². The number of rotatable bonds is 6. The Morgan fingerprint density at radius 2 is 1.72 bits per heavy atom. The van der Waals surface area contributed by atoms with Gasteiger partial charge in [-0.05, 0) is 46.7 Å². The molecule has 0 radical (unpaired) electrons. The van der Waals surface area contributed by atoms with Crippen molar-refractivity contribution in [1.29, 1.82) is 0 Å². The molecule has 0 aliphatic rings. The van der Waals surface area contributed by atoms with Gasteiger partial charge in [0.2, 0.25) is 0 Å². The van der Waals surface area contributed by atoms with Crippen molar-refractivity contribution >= 4 is 22.8 Å². The van der Waals surface area contributed by atoms with Gasteiger partial charge in [0, 0.05) is 11.6 Å². The number of carbonyl (C=O) groups is 1. The molecule has 5 nitrogen and oxygen atoms in total. The minimum atomic E-state index is -1.88. The van der Waals surface area contributed by atoms with Crippen molar-refractivity contribution in [2.45, 2.75) is 19.4 Å². The highest BCUT2D eigenvalue weighted by atomic mass is 19.1. The Morgan fingerprint density at radius 1 is 1.10 bits per heavy atom. The number of carboxylic acid groups (broad SMARTS) is 1. The Balaban J connectivity index is 2.18. The van der Waals surface area contributed by atoms with Crippen molar-refractivity contribution in [1.82, 2.24) is 4.98 Å². The zero-order chi connectivity index (χ0) is 21.2. The van der Waals surface area contributed by atoms with Crippen molar-refractivity contribution in [2.24, 2.45) is 11.8 Å². The highest BCUT2D eigenvalue weighted by molar-refractivity contribution is 5.89. The summed E-state index contributed by atoms with van der Waals surface area (Å²) in [5, 5.41) is 22.4. The van der Waals surface area contributed by atoms with Crippen molar-refractivity contribution in [3.05, 3.63) is 88.1 Å². The molecule has 3 rings (SSSR count). The molecule has 0 amide bonds. The minimum absolute atomic E-state index is 0.239. The average molecular weight is 395 g/mol. The summed E-state index contributed by atoms with van der Waals surface area (Å²) in [6, 6.07) is 12.1. The molecule has 29 heavy (non-hydrogen) atoms. The van der Waals surface area contributed by atoms with E-state index in [1.165, 1.54) is 36.5 Å². The van der Waals surface area contributed by atoms with Gasteiger partial charge >= 0.3 is 5.97 Å². The zero-order valence-electron chi connectivity index (χ0n) is 16.1. The number of nitrogens with one attached hydrogen (secondary N) is 1. The van der Waals surface area contributed by atoms with Crippen LogP contribution in [0.3, 0.4) is 0 Å². The number of aliphatic hydroxyl groups is 1. The number of hydrogen-bond acceptors (Lipinski definition) is 3. The van der Waals surface area contributed by atoms with Gasteiger partial charge in [0.15, 0.2) is 0 Å². The maximum Gasteiger partial charge on any atom is 0.310 e. The predicted octanol–water partition coefficient (Wildman–Crippen LogP) is 3.93. The van der Waals surface area contributed by atoms with Gasteiger partial charge in [-0.25, -0.2) is 4.39 Å². The van der Waals surface area contributed by atoms with E-state index in [1.807, 2.05) is 0 Å². The van der Waals surface area contributed by atoms with E-state index >= 15 is 0 Å². The summed E-state index contributed by atoms with van der Waals surface area (Å²) in [6.45, 7) is 3.41. The number of benzene rings is 2. The molecule has 2 unspecified atom stereocenters. The summed E-state index contributed by atoms with van der Waals surface area (Å²) < 4.78 is 13.4. The maximum atomic E-state index is 13.4. The molecule has 3 aromatic rings. The van der Waals surface area contributed by atoms with E-state index in [2.05, 4.69) is 4.98 Å². The second kappa shape index (κ2) is 8.01. The molecule has 6 heteroatoms. The quantitative estimate of drug-likeness (QED) is 0.590. The van der Waals surface area contributed by atoms with E-state index in [4.69, 9.17) is 0 Å². The number of H-pyrrole nitrogens is 1. The second-order valence-corrected chi connectivity index (χ2v) is 7.34. The molecule has 0 bridgehead atoms. The molecular formula is C23H22FNO4. The van der Waals surface area contributed by atoms with E-state index < -0.39 is 29.2 Å². The van der Waals surface area contributed by atoms with Crippen molar-refractivity contribution in [2.75, 3.05) is 0 Å². The molecule has 0 aliphatic heterocycles. The van der Waals surface area contributed by atoms with Crippen LogP contribution in [0, 0.1) is 17.7 Å². The van der Waals surface area contributed by atoms with Crippen LogP contribution >= 0.6 is 0 Å². The fourth-order valence-electron chi connectivity index (χ4n) is 3.66. The second-order valence-electron chi connectivity index (χ2n) is 7.34. The van der Waals surface area contributed by atoms with Gasteiger partial charge in [-0.1, -0.05) is 50.3 Å². The first-order valence-electron chi connectivity index (χ1n) is 9.25. The third kappa shape index (κ3) is 3.98. The highest BCUT2D eigenvalue weighted by Crippen LogP contribution is 2.37. The standard InChI is InChI=1S/C23H22FNO4/c1-14(2)20(22(27)28)23(29,16-7-9-17(24)10-8-16)12-11-15-13-25-21(26)19-6-4-3-5-18(15)19/h3-14,20,29H,1-2H3,(H,25,26)(H,27,28). The van der Waals surface area contributed by atoms with Crippen molar-refractivity contribution in [3.63, 3.8) is 0 Å². The van der Waals surface area contributed by atoms with Gasteiger partial charge in [-0.2, -0.15) is 0 Å². The lowest BCUT2D eigenvalue weighted by Crippen LogP contribution is -2.41. The first kappa shape index (κ1) is 20.5. The molecule has 3 N–H and O–H groups in total. The first-order valence-corrected chi connectivity index (χ1v) is 9.25. The van der Waals surface area contributed by atoms with Crippen molar-refractivity contribution in [3.8, 4) is 0 Å². The minimum Gasteiger partial charge on any atom is -0.481 e. The Kier molecular flexibility index (Phi) is 5.66. The van der Waals surface area contributed by atoms with Crippen LogP contribution in [-0.2, 0) is 10.4 Å². The lowest BCUT2D eigenvalue weighted by atomic mass is 9.75. The number of aromatic nitrogens is 1. The number of fused-ring (bicyclic) bond motifs is 1. The molecule has 0 saturated carbocycles. The molecule has 0 spiro atoms. The molecule has 1 aromatic heterocycles. The largest absolute Gasteiger partial charge is 0.481 e. The Bertz CT molecular complexity index is 1120. The topological polar surface area (TPSA) is 90.4 Å². The summed E-state index contributed by atoms with van der Waals surface area (Å²) in [5.74, 6) is -3.22. The van der Waals surface area contributed by atoms with Crippen LogP contribution in [0.5, 0.6) is 0 Å². The third-order valence-corrected chi connectivity index (χ3v) is 5.07. The maximum absolute atomic E-state index is 13.4. The molecule has 0 fully saturated rings. The van der Waals surface area contributed by atoms with Gasteiger partial charge < -0.3 is 15.2 Å². The lowest BCUT2D eigenvalue weighted by molar-refractivity contribution is -0.152. The van der Waals surface area contributed by atoms with E-state index in [9.17, 15) is 24.2 Å². The molecule has 0 aliphatic carbocycles. The number of pyridine rings is 1. The number of aromatic amines is 1. The fourth-order valence-corrected chi connectivity index (χ4v) is 3.66. The molecule has 0 saturated heterocycles.